The van der Waals surface area contributed by atoms with E-state index in [0.717, 1.165) is 36.1 Å². The van der Waals surface area contributed by atoms with E-state index >= 15 is 0 Å². The summed E-state index contributed by atoms with van der Waals surface area (Å²) in [6.07, 6.45) is -3.65. The summed E-state index contributed by atoms with van der Waals surface area (Å²) in [5, 5.41) is 21.9. The molecular weight excluding hydrogens is 473 g/mol. The molecule has 9 heteroatoms. The third-order valence-corrected chi connectivity index (χ3v) is 7.44. The van der Waals surface area contributed by atoms with E-state index in [-0.39, 0.29) is 25.4 Å². The topological polar surface area (TPSA) is 73.2 Å². The molecular formula is C27H33F3N2O4. The molecule has 4 rings (SSSR count). The number of carbonyl (C=O) groups excluding carboxylic acids is 1. The van der Waals surface area contributed by atoms with Crippen LogP contribution in [-0.2, 0) is 17.5 Å². The lowest BCUT2D eigenvalue weighted by Crippen LogP contribution is -2.56. The summed E-state index contributed by atoms with van der Waals surface area (Å²) < 4.78 is 43.8. The first-order valence-corrected chi connectivity index (χ1v) is 12.4. The summed E-state index contributed by atoms with van der Waals surface area (Å²) in [6, 6.07) is 14.8. The summed E-state index contributed by atoms with van der Waals surface area (Å²) >= 11 is 0. The van der Waals surface area contributed by atoms with Crippen LogP contribution in [0.25, 0.3) is 0 Å². The fraction of sp³-hybridized carbons (Fsp3) is 0.519. The maximum absolute atomic E-state index is 12.8. The third-order valence-electron chi connectivity index (χ3n) is 7.44. The SMILES string of the molecule is O=C(OCc1ccccc1)N1CCC(O)(C(O)CN2CCC(c3ccc(C(F)(F)F)cc3)CC2)CC1. The van der Waals surface area contributed by atoms with Crippen molar-refractivity contribution in [2.45, 2.75) is 56.1 Å². The van der Waals surface area contributed by atoms with Gasteiger partial charge < -0.3 is 24.7 Å². The molecule has 0 radical (unpaired) electrons. The number of benzene rings is 2. The second-order valence-electron chi connectivity index (χ2n) is 9.84. The molecule has 0 bridgehead atoms. The molecule has 36 heavy (non-hydrogen) atoms. The average Bonchev–Trinajstić information content (AvgIpc) is 2.88. The Labute approximate surface area is 209 Å². The molecule has 196 valence electrons. The quantitative estimate of drug-likeness (QED) is 0.607. The molecule has 1 amide bonds. The zero-order valence-corrected chi connectivity index (χ0v) is 20.2. The normalized spacial score (nSPS) is 20.2. The molecule has 1 unspecified atom stereocenters. The summed E-state index contributed by atoms with van der Waals surface area (Å²) in [4.78, 5) is 16.0. The number of amides is 1. The van der Waals surface area contributed by atoms with Crippen molar-refractivity contribution in [2.75, 3.05) is 32.7 Å². The second-order valence-corrected chi connectivity index (χ2v) is 9.84. The molecule has 2 aliphatic rings. The summed E-state index contributed by atoms with van der Waals surface area (Å²) in [6.45, 7) is 2.49. The molecule has 0 aromatic heterocycles. The van der Waals surface area contributed by atoms with Gasteiger partial charge in [0.15, 0.2) is 0 Å². The van der Waals surface area contributed by atoms with Gasteiger partial charge in [0.2, 0.25) is 0 Å². The van der Waals surface area contributed by atoms with Crippen LogP contribution in [-0.4, -0.2) is 70.5 Å². The standard InChI is InChI=1S/C27H33F3N2O4/c28-27(29,30)23-8-6-21(7-9-23)22-10-14-31(15-11-22)18-24(33)26(35)12-16-32(17-13-26)25(34)36-19-20-4-2-1-3-5-20/h1-9,22,24,33,35H,10-19H2. The number of carbonyl (C=O) groups is 1. The number of halogens is 3. The van der Waals surface area contributed by atoms with Crippen molar-refractivity contribution in [3.8, 4) is 0 Å². The lowest BCUT2D eigenvalue weighted by molar-refractivity contribution is -0.137. The molecule has 0 aliphatic carbocycles. The number of alkyl halides is 3. The van der Waals surface area contributed by atoms with Crippen LogP contribution in [0.3, 0.4) is 0 Å². The van der Waals surface area contributed by atoms with Crippen LogP contribution >= 0.6 is 0 Å². The van der Waals surface area contributed by atoms with E-state index in [0.29, 0.717) is 32.7 Å². The molecule has 2 N–H and O–H groups in total. The summed E-state index contributed by atoms with van der Waals surface area (Å²) in [5.74, 6) is 0.175. The number of hydrogen-bond donors (Lipinski definition) is 2. The highest BCUT2D eigenvalue weighted by Crippen LogP contribution is 2.34. The van der Waals surface area contributed by atoms with E-state index in [4.69, 9.17) is 4.74 Å². The van der Waals surface area contributed by atoms with Gasteiger partial charge in [-0.05, 0) is 68.0 Å². The van der Waals surface area contributed by atoms with Crippen LogP contribution in [0.1, 0.15) is 48.3 Å². The van der Waals surface area contributed by atoms with Crippen molar-refractivity contribution in [3.05, 3.63) is 71.3 Å². The molecule has 6 nitrogen and oxygen atoms in total. The van der Waals surface area contributed by atoms with Crippen LogP contribution < -0.4 is 0 Å². The highest BCUT2D eigenvalue weighted by atomic mass is 19.4. The van der Waals surface area contributed by atoms with Gasteiger partial charge in [-0.3, -0.25) is 0 Å². The monoisotopic (exact) mass is 506 g/mol. The minimum Gasteiger partial charge on any atom is -0.445 e. The fourth-order valence-corrected chi connectivity index (χ4v) is 5.03. The Morgan fingerprint density at radius 1 is 1.00 bits per heavy atom. The van der Waals surface area contributed by atoms with Gasteiger partial charge in [0.25, 0.3) is 0 Å². The predicted molar refractivity (Wildman–Crippen MR) is 128 cm³/mol. The van der Waals surface area contributed by atoms with Crippen LogP contribution in [0.15, 0.2) is 54.6 Å². The van der Waals surface area contributed by atoms with E-state index in [1.165, 1.54) is 0 Å². The molecule has 2 aromatic rings. The predicted octanol–water partition coefficient (Wildman–Crippen LogP) is 4.41. The zero-order chi connectivity index (χ0) is 25.8. The van der Waals surface area contributed by atoms with E-state index in [1.54, 1.807) is 17.0 Å². The van der Waals surface area contributed by atoms with E-state index < -0.39 is 29.5 Å². The van der Waals surface area contributed by atoms with Gasteiger partial charge in [-0.1, -0.05) is 42.5 Å². The molecule has 2 heterocycles. The van der Waals surface area contributed by atoms with Crippen LogP contribution in [0, 0.1) is 0 Å². The van der Waals surface area contributed by atoms with Crippen LogP contribution in [0.5, 0.6) is 0 Å². The number of β-amino-alcohol motifs (C(OH)–C–C–N with tert-alkyl or cyclic N) is 1. The molecule has 0 saturated carbocycles. The third kappa shape index (κ3) is 6.57. The zero-order valence-electron chi connectivity index (χ0n) is 20.2. The van der Waals surface area contributed by atoms with Gasteiger partial charge in [-0.25, -0.2) is 4.79 Å². The molecule has 2 saturated heterocycles. The Morgan fingerprint density at radius 2 is 1.61 bits per heavy atom. The van der Waals surface area contributed by atoms with Crippen LogP contribution in [0.2, 0.25) is 0 Å². The molecule has 2 aliphatic heterocycles. The second kappa shape index (κ2) is 11.2. The summed E-state index contributed by atoms with van der Waals surface area (Å²) in [7, 11) is 0. The minimum absolute atomic E-state index is 0.175. The van der Waals surface area contributed by atoms with Gasteiger partial charge in [-0.2, -0.15) is 13.2 Å². The van der Waals surface area contributed by atoms with Crippen LogP contribution in [0.4, 0.5) is 18.0 Å². The number of aliphatic hydroxyl groups excluding tert-OH is 1. The maximum Gasteiger partial charge on any atom is 0.416 e. The van der Waals surface area contributed by atoms with Crippen molar-refractivity contribution in [1.29, 1.82) is 0 Å². The molecule has 1 atom stereocenters. The lowest BCUT2D eigenvalue weighted by Gasteiger charge is -2.42. The van der Waals surface area contributed by atoms with Gasteiger partial charge in [-0.15, -0.1) is 0 Å². The Bertz CT molecular complexity index is 984. The number of nitrogens with zero attached hydrogens (tertiary/aromatic N) is 2. The number of rotatable bonds is 6. The molecule has 2 fully saturated rings. The lowest BCUT2D eigenvalue weighted by atomic mass is 9.84. The van der Waals surface area contributed by atoms with Crippen molar-refractivity contribution >= 4 is 6.09 Å². The Hall–Kier alpha value is -2.62. The van der Waals surface area contributed by atoms with Gasteiger partial charge in [0.05, 0.1) is 17.3 Å². The Balaban J connectivity index is 1.20. The first kappa shape index (κ1) is 26.4. The number of aliphatic hydroxyl groups is 2. The van der Waals surface area contributed by atoms with Crippen molar-refractivity contribution in [2.24, 2.45) is 0 Å². The van der Waals surface area contributed by atoms with E-state index in [1.807, 2.05) is 30.3 Å². The van der Waals surface area contributed by atoms with Gasteiger partial charge in [0.1, 0.15) is 6.61 Å². The number of piperidine rings is 2. The molecule has 2 aromatic carbocycles. The van der Waals surface area contributed by atoms with Crippen molar-refractivity contribution in [3.63, 3.8) is 0 Å². The number of likely N-dealkylation sites (tertiary alicyclic amines) is 2. The van der Waals surface area contributed by atoms with E-state index in [2.05, 4.69) is 4.90 Å². The van der Waals surface area contributed by atoms with Gasteiger partial charge >= 0.3 is 12.3 Å². The Kier molecular flexibility index (Phi) is 8.22. The van der Waals surface area contributed by atoms with Crippen molar-refractivity contribution in [1.82, 2.24) is 9.80 Å². The largest absolute Gasteiger partial charge is 0.445 e. The Morgan fingerprint density at radius 3 is 2.19 bits per heavy atom. The average molecular weight is 507 g/mol. The number of ether oxygens (including phenoxy) is 1. The highest BCUT2D eigenvalue weighted by molar-refractivity contribution is 5.67. The fourth-order valence-electron chi connectivity index (χ4n) is 5.03. The van der Waals surface area contributed by atoms with Gasteiger partial charge in [0, 0.05) is 19.6 Å². The minimum atomic E-state index is -4.34. The molecule has 0 spiro atoms. The van der Waals surface area contributed by atoms with Crippen molar-refractivity contribution < 1.29 is 32.9 Å². The maximum atomic E-state index is 12.8. The first-order valence-electron chi connectivity index (χ1n) is 12.4. The first-order chi connectivity index (χ1) is 17.1. The summed E-state index contributed by atoms with van der Waals surface area (Å²) in [5.41, 5.74) is -0.124. The highest BCUT2D eigenvalue weighted by Gasteiger charge is 2.41. The smallest absolute Gasteiger partial charge is 0.416 e. The van der Waals surface area contributed by atoms with E-state index in [9.17, 15) is 28.2 Å². The number of hydrogen-bond acceptors (Lipinski definition) is 5.